The summed E-state index contributed by atoms with van der Waals surface area (Å²) in [7, 11) is 0. The molecular weight excluding hydrogens is 172 g/mol. The van der Waals surface area contributed by atoms with E-state index in [2.05, 4.69) is 0 Å². The average molecular weight is 182 g/mol. The minimum atomic E-state index is -1.08. The molecule has 0 saturated heterocycles. The number of aromatic carboxylic acids is 1. The summed E-state index contributed by atoms with van der Waals surface area (Å²) in [5, 5.41) is 27.0. The van der Waals surface area contributed by atoms with Crippen LogP contribution in [0.5, 0.6) is 5.75 Å². The quantitative estimate of drug-likeness (QED) is 0.641. The highest BCUT2D eigenvalue weighted by Gasteiger charge is 2.10. The molecule has 0 aliphatic rings. The number of aliphatic hydroxyl groups excluding tert-OH is 1. The second-order valence-corrected chi connectivity index (χ2v) is 2.75. The molecule has 4 nitrogen and oxygen atoms in total. The number of carboxylic acid groups (broad SMARTS) is 1. The van der Waals surface area contributed by atoms with Gasteiger partial charge in [0.25, 0.3) is 0 Å². The van der Waals surface area contributed by atoms with E-state index in [0.29, 0.717) is 0 Å². The molecule has 4 heteroatoms. The number of hydrogen-bond donors (Lipinski definition) is 3. The minimum absolute atomic E-state index is 0.0497. The van der Waals surface area contributed by atoms with Crippen molar-refractivity contribution in [3.8, 4) is 5.75 Å². The molecule has 3 N–H and O–H groups in total. The summed E-state index contributed by atoms with van der Waals surface area (Å²) in [5.74, 6) is -1.18. The molecule has 1 aromatic rings. The van der Waals surface area contributed by atoms with Crippen LogP contribution in [-0.2, 0) is 0 Å². The predicted molar refractivity (Wildman–Crippen MR) is 45.7 cm³/mol. The average Bonchev–Trinajstić information content (AvgIpc) is 2.04. The van der Waals surface area contributed by atoms with Crippen LogP contribution in [0.15, 0.2) is 18.2 Å². The Hall–Kier alpha value is -1.55. The van der Waals surface area contributed by atoms with Gasteiger partial charge in [-0.2, -0.15) is 0 Å². The van der Waals surface area contributed by atoms with E-state index in [1.165, 1.54) is 25.1 Å². The Labute approximate surface area is 75.1 Å². The second kappa shape index (κ2) is 3.45. The summed E-state index contributed by atoms with van der Waals surface area (Å²) in [6, 6.07) is 3.79. The molecule has 1 unspecified atom stereocenters. The zero-order valence-corrected chi connectivity index (χ0v) is 7.06. The molecule has 0 aliphatic heterocycles. The summed E-state index contributed by atoms with van der Waals surface area (Å²) >= 11 is 0. The number of carbonyl (C=O) groups is 1. The molecule has 0 spiro atoms. The molecule has 0 bridgehead atoms. The van der Waals surface area contributed by atoms with E-state index in [1.54, 1.807) is 0 Å². The van der Waals surface area contributed by atoms with Gasteiger partial charge in [-0.1, -0.05) is 0 Å². The molecule has 0 amide bonds. The smallest absolute Gasteiger partial charge is 0.335 e. The lowest BCUT2D eigenvalue weighted by Gasteiger charge is -2.07. The van der Waals surface area contributed by atoms with Crippen molar-refractivity contribution in [1.82, 2.24) is 0 Å². The van der Waals surface area contributed by atoms with Crippen molar-refractivity contribution in [2.75, 3.05) is 0 Å². The molecular formula is C9H10O4. The molecule has 1 aromatic carbocycles. The number of rotatable bonds is 2. The van der Waals surface area contributed by atoms with Crippen molar-refractivity contribution in [1.29, 1.82) is 0 Å². The molecule has 13 heavy (non-hydrogen) atoms. The Balaban J connectivity index is 3.19. The van der Waals surface area contributed by atoms with Gasteiger partial charge in [-0.05, 0) is 25.1 Å². The molecule has 70 valence electrons. The maximum atomic E-state index is 10.5. The number of aromatic hydroxyl groups is 1. The van der Waals surface area contributed by atoms with Crippen molar-refractivity contribution in [3.63, 3.8) is 0 Å². The van der Waals surface area contributed by atoms with Crippen molar-refractivity contribution in [2.24, 2.45) is 0 Å². The Morgan fingerprint density at radius 3 is 2.54 bits per heavy atom. The van der Waals surface area contributed by atoms with Crippen LogP contribution in [0.3, 0.4) is 0 Å². The number of carboxylic acids is 1. The fraction of sp³-hybridized carbons (Fsp3) is 0.222. The van der Waals surface area contributed by atoms with E-state index in [0.717, 1.165) is 0 Å². The fourth-order valence-corrected chi connectivity index (χ4v) is 1.02. The maximum Gasteiger partial charge on any atom is 0.335 e. The Kier molecular flexibility index (Phi) is 2.53. The first-order valence-corrected chi connectivity index (χ1v) is 3.76. The zero-order valence-electron chi connectivity index (χ0n) is 7.06. The molecule has 0 fully saturated rings. The highest BCUT2D eigenvalue weighted by Crippen LogP contribution is 2.24. The molecule has 0 aliphatic carbocycles. The van der Waals surface area contributed by atoms with Gasteiger partial charge in [0.2, 0.25) is 0 Å². The van der Waals surface area contributed by atoms with E-state index in [9.17, 15) is 9.90 Å². The Bertz CT molecular complexity index is 330. The summed E-state index contributed by atoms with van der Waals surface area (Å²) in [6.45, 7) is 1.46. The van der Waals surface area contributed by atoms with Crippen LogP contribution < -0.4 is 0 Å². The summed E-state index contributed by atoms with van der Waals surface area (Å²) in [4.78, 5) is 10.5. The minimum Gasteiger partial charge on any atom is -0.508 e. The zero-order chi connectivity index (χ0) is 10.0. The van der Waals surface area contributed by atoms with Crippen LogP contribution >= 0.6 is 0 Å². The monoisotopic (exact) mass is 182 g/mol. The topological polar surface area (TPSA) is 77.8 Å². The molecule has 0 heterocycles. The normalized spacial score (nSPS) is 12.5. The number of benzene rings is 1. The third-order valence-corrected chi connectivity index (χ3v) is 1.72. The van der Waals surface area contributed by atoms with Gasteiger partial charge in [-0.25, -0.2) is 4.79 Å². The molecule has 0 aromatic heterocycles. The highest BCUT2D eigenvalue weighted by molar-refractivity contribution is 5.88. The van der Waals surface area contributed by atoms with Crippen LogP contribution in [-0.4, -0.2) is 21.3 Å². The fourth-order valence-electron chi connectivity index (χ4n) is 1.02. The lowest BCUT2D eigenvalue weighted by Crippen LogP contribution is -1.99. The first kappa shape index (κ1) is 9.54. The SMILES string of the molecule is CC(O)c1cc(C(=O)O)ccc1O. The van der Waals surface area contributed by atoms with Gasteiger partial charge < -0.3 is 15.3 Å². The predicted octanol–water partition coefficient (Wildman–Crippen LogP) is 1.14. The lowest BCUT2D eigenvalue weighted by atomic mass is 10.1. The van der Waals surface area contributed by atoms with Crippen molar-refractivity contribution < 1.29 is 20.1 Å². The largest absolute Gasteiger partial charge is 0.508 e. The summed E-state index contributed by atoms with van der Waals surface area (Å²) in [6.07, 6.45) is -0.876. The van der Waals surface area contributed by atoms with Crippen LogP contribution in [0.2, 0.25) is 0 Å². The number of phenols is 1. The van der Waals surface area contributed by atoms with E-state index in [-0.39, 0.29) is 16.9 Å². The molecule has 1 rings (SSSR count). The molecule has 1 atom stereocenters. The third-order valence-electron chi connectivity index (χ3n) is 1.72. The highest BCUT2D eigenvalue weighted by atomic mass is 16.4. The first-order valence-electron chi connectivity index (χ1n) is 3.76. The van der Waals surface area contributed by atoms with Crippen molar-refractivity contribution >= 4 is 5.97 Å². The van der Waals surface area contributed by atoms with E-state index < -0.39 is 12.1 Å². The van der Waals surface area contributed by atoms with Gasteiger partial charge in [-0.15, -0.1) is 0 Å². The van der Waals surface area contributed by atoms with Gasteiger partial charge in [0, 0.05) is 5.56 Å². The number of aliphatic hydroxyl groups is 1. The summed E-state index contributed by atoms with van der Waals surface area (Å²) < 4.78 is 0. The molecule has 0 radical (unpaired) electrons. The van der Waals surface area contributed by atoms with Gasteiger partial charge in [0.1, 0.15) is 5.75 Å². The number of phenolic OH excluding ortho intramolecular Hbond substituents is 1. The Morgan fingerprint density at radius 2 is 2.08 bits per heavy atom. The third kappa shape index (κ3) is 1.97. The first-order chi connectivity index (χ1) is 6.02. The van der Waals surface area contributed by atoms with E-state index in [1.807, 2.05) is 0 Å². The standard InChI is InChI=1S/C9H10O4/c1-5(10)7-4-6(9(12)13)2-3-8(7)11/h2-5,10-11H,1H3,(H,12,13). The second-order valence-electron chi connectivity index (χ2n) is 2.75. The van der Waals surface area contributed by atoms with Crippen LogP contribution in [0.1, 0.15) is 28.9 Å². The van der Waals surface area contributed by atoms with Gasteiger partial charge in [0.05, 0.1) is 11.7 Å². The van der Waals surface area contributed by atoms with Gasteiger partial charge in [-0.3, -0.25) is 0 Å². The lowest BCUT2D eigenvalue weighted by molar-refractivity contribution is 0.0696. The van der Waals surface area contributed by atoms with Crippen LogP contribution in [0.4, 0.5) is 0 Å². The van der Waals surface area contributed by atoms with E-state index >= 15 is 0 Å². The van der Waals surface area contributed by atoms with Crippen LogP contribution in [0, 0.1) is 0 Å². The molecule has 0 saturated carbocycles. The number of hydrogen-bond acceptors (Lipinski definition) is 3. The van der Waals surface area contributed by atoms with E-state index in [4.69, 9.17) is 10.2 Å². The van der Waals surface area contributed by atoms with Gasteiger partial charge in [0.15, 0.2) is 0 Å². The summed E-state index contributed by atoms with van der Waals surface area (Å²) in [5.41, 5.74) is 0.272. The Morgan fingerprint density at radius 1 is 1.46 bits per heavy atom. The van der Waals surface area contributed by atoms with Gasteiger partial charge >= 0.3 is 5.97 Å². The van der Waals surface area contributed by atoms with Crippen molar-refractivity contribution in [3.05, 3.63) is 29.3 Å². The van der Waals surface area contributed by atoms with Crippen LogP contribution in [0.25, 0.3) is 0 Å². The van der Waals surface area contributed by atoms with Crippen molar-refractivity contribution in [2.45, 2.75) is 13.0 Å². The maximum absolute atomic E-state index is 10.5.